The van der Waals surface area contributed by atoms with Crippen LogP contribution in [0, 0.1) is 11.3 Å². The zero-order chi connectivity index (χ0) is 24.5. The van der Waals surface area contributed by atoms with Crippen molar-refractivity contribution in [3.63, 3.8) is 0 Å². The number of amides is 2. The first-order valence-corrected chi connectivity index (χ1v) is 14.1. The standard InChI is InChI=1S/C24H31IN6O2/c1-5-17-31(18-21-11-9-8-10-12-21)23(29-20(4)6-2)24(33)28-15-13-22(32)30-25(7-3)19-27-16-14-26/h5-12,16,20H,1-3,13,15,17-19H2,4H3,(H,28,33)(H,30,32)/b27-16+,29-23?. The average Bonchev–Trinajstić information content (AvgIpc) is 2.82. The molecule has 0 saturated carbocycles. The van der Waals surface area contributed by atoms with Gasteiger partial charge in [-0.15, -0.1) is 0 Å². The number of alkyl halides is 1. The Hall–Kier alpha value is -3.26. The number of aliphatic imine (C=N–C) groups is 2. The fourth-order valence-corrected chi connectivity index (χ4v) is 4.87. The van der Waals surface area contributed by atoms with Crippen molar-refractivity contribution in [3.8, 4) is 6.07 Å². The summed E-state index contributed by atoms with van der Waals surface area (Å²) in [5.41, 5.74) is 1.03. The van der Waals surface area contributed by atoms with E-state index in [9.17, 15) is 9.59 Å². The van der Waals surface area contributed by atoms with Crippen LogP contribution in [0.15, 0.2) is 76.3 Å². The Balaban J connectivity index is 2.81. The number of carbonyl (C=O) groups excluding carboxylic acids is 2. The molecule has 1 atom stereocenters. The molecule has 2 amide bonds. The molecule has 33 heavy (non-hydrogen) atoms. The molecule has 0 heterocycles. The van der Waals surface area contributed by atoms with E-state index in [2.05, 4.69) is 38.6 Å². The fourth-order valence-electron chi connectivity index (χ4n) is 2.53. The molecule has 176 valence electrons. The number of benzene rings is 1. The summed E-state index contributed by atoms with van der Waals surface area (Å²) in [5, 5.41) is 11.3. The number of amidine groups is 1. The fraction of sp³-hybridized carbons (Fsp3) is 0.292. The van der Waals surface area contributed by atoms with Crippen molar-refractivity contribution >= 4 is 44.0 Å². The molecule has 0 radical (unpaired) electrons. The quantitative estimate of drug-likeness (QED) is 0.0731. The van der Waals surface area contributed by atoms with E-state index in [1.54, 1.807) is 16.2 Å². The Morgan fingerprint density at radius 3 is 2.61 bits per heavy atom. The third-order valence-corrected chi connectivity index (χ3v) is 7.62. The third kappa shape index (κ3) is 11.2. The maximum atomic E-state index is 13.0. The Kier molecular flexibility index (Phi) is 13.8. The van der Waals surface area contributed by atoms with Gasteiger partial charge in [0.05, 0.1) is 0 Å². The van der Waals surface area contributed by atoms with Crippen molar-refractivity contribution in [2.24, 2.45) is 9.98 Å². The number of rotatable bonds is 13. The normalized spacial score (nSPS) is 12.2. The summed E-state index contributed by atoms with van der Waals surface area (Å²) in [7, 11) is 0. The van der Waals surface area contributed by atoms with Gasteiger partial charge in [0.2, 0.25) is 0 Å². The van der Waals surface area contributed by atoms with Crippen LogP contribution in [-0.4, -0.2) is 52.4 Å². The van der Waals surface area contributed by atoms with E-state index < -0.39 is 20.1 Å². The van der Waals surface area contributed by atoms with Crippen molar-refractivity contribution in [2.45, 2.75) is 25.9 Å². The Labute approximate surface area is 203 Å². The zero-order valence-electron chi connectivity index (χ0n) is 18.9. The van der Waals surface area contributed by atoms with Gasteiger partial charge in [-0.1, -0.05) is 6.07 Å². The molecule has 0 spiro atoms. The molecule has 1 aromatic carbocycles. The summed E-state index contributed by atoms with van der Waals surface area (Å²) in [6.07, 6.45) is 4.63. The number of nitriles is 1. The van der Waals surface area contributed by atoms with E-state index in [1.807, 2.05) is 48.2 Å². The van der Waals surface area contributed by atoms with E-state index in [0.29, 0.717) is 17.6 Å². The summed E-state index contributed by atoms with van der Waals surface area (Å²) in [6.45, 7) is 14.2. The predicted molar refractivity (Wildman–Crippen MR) is 143 cm³/mol. The molecule has 0 aliphatic heterocycles. The molecule has 2 N–H and O–H groups in total. The molecule has 0 aliphatic carbocycles. The van der Waals surface area contributed by atoms with Crippen molar-refractivity contribution in [2.75, 3.05) is 17.6 Å². The van der Waals surface area contributed by atoms with Crippen LogP contribution in [0.1, 0.15) is 18.9 Å². The minimum atomic E-state index is -2.01. The van der Waals surface area contributed by atoms with E-state index in [0.717, 1.165) is 11.8 Å². The second kappa shape index (κ2) is 16.4. The second-order valence-electron chi connectivity index (χ2n) is 6.72. The SMILES string of the molecule is C=CCN(Cc1ccccc1)C(=NC(C)C=C)C(=O)NCCC(=O)NI(C=C)C/N=C/C#N. The average molecular weight is 562 g/mol. The Morgan fingerprint density at radius 2 is 2.00 bits per heavy atom. The Morgan fingerprint density at radius 1 is 1.27 bits per heavy atom. The first-order chi connectivity index (χ1) is 15.9. The van der Waals surface area contributed by atoms with Crippen molar-refractivity contribution in [3.05, 3.63) is 71.9 Å². The molecule has 0 saturated heterocycles. The van der Waals surface area contributed by atoms with Gasteiger partial charge in [-0.3, -0.25) is 0 Å². The first-order valence-electron chi connectivity index (χ1n) is 10.3. The number of nitrogens with one attached hydrogen (secondary N) is 2. The predicted octanol–water partition coefficient (Wildman–Crippen LogP) is 3.39. The van der Waals surface area contributed by atoms with Crippen LogP contribution >= 0.6 is 20.1 Å². The van der Waals surface area contributed by atoms with E-state index in [-0.39, 0.29) is 36.7 Å². The summed E-state index contributed by atoms with van der Waals surface area (Å²) >= 11 is -2.01. The molecule has 0 bridgehead atoms. The molecule has 0 fully saturated rings. The van der Waals surface area contributed by atoms with Gasteiger partial charge in [-0.2, -0.15) is 0 Å². The van der Waals surface area contributed by atoms with Gasteiger partial charge in [0.25, 0.3) is 0 Å². The minimum absolute atomic E-state index is 0.111. The van der Waals surface area contributed by atoms with Crippen LogP contribution in [0.5, 0.6) is 0 Å². The molecule has 9 heteroatoms. The zero-order valence-corrected chi connectivity index (χ0v) is 21.1. The van der Waals surface area contributed by atoms with E-state index >= 15 is 0 Å². The molecular formula is C24H31IN6O2. The summed E-state index contributed by atoms with van der Waals surface area (Å²) in [5.74, 6) is -0.304. The number of halogens is 1. The van der Waals surface area contributed by atoms with Crippen LogP contribution in [-0.2, 0) is 16.1 Å². The molecule has 8 nitrogen and oxygen atoms in total. The van der Waals surface area contributed by atoms with Crippen LogP contribution in [0.3, 0.4) is 0 Å². The summed E-state index contributed by atoms with van der Waals surface area (Å²) in [6, 6.07) is 11.3. The molecule has 0 aromatic heterocycles. The van der Waals surface area contributed by atoms with Gasteiger partial charge in [-0.05, 0) is 0 Å². The monoisotopic (exact) mass is 562 g/mol. The van der Waals surface area contributed by atoms with Crippen LogP contribution < -0.4 is 8.85 Å². The molecule has 1 rings (SSSR count). The van der Waals surface area contributed by atoms with Crippen LogP contribution in [0.4, 0.5) is 0 Å². The number of hydrogen-bond donors (Lipinski definition) is 2. The Bertz CT molecular complexity index is 907. The summed E-state index contributed by atoms with van der Waals surface area (Å²) < 4.78 is 4.99. The van der Waals surface area contributed by atoms with Crippen molar-refractivity contribution < 1.29 is 9.59 Å². The van der Waals surface area contributed by atoms with Crippen molar-refractivity contribution in [1.29, 1.82) is 5.26 Å². The molecule has 0 aliphatic rings. The van der Waals surface area contributed by atoms with Crippen LogP contribution in [0.2, 0.25) is 0 Å². The van der Waals surface area contributed by atoms with Gasteiger partial charge >= 0.3 is 198 Å². The number of hydrogen-bond acceptors (Lipinski definition) is 5. The molecule has 1 unspecified atom stereocenters. The van der Waals surface area contributed by atoms with E-state index in [1.165, 1.54) is 0 Å². The van der Waals surface area contributed by atoms with Gasteiger partial charge in [0, 0.05) is 0 Å². The summed E-state index contributed by atoms with van der Waals surface area (Å²) in [4.78, 5) is 35.5. The van der Waals surface area contributed by atoms with Crippen LogP contribution in [0.25, 0.3) is 0 Å². The van der Waals surface area contributed by atoms with Gasteiger partial charge in [-0.25, -0.2) is 0 Å². The first kappa shape index (κ1) is 27.8. The van der Waals surface area contributed by atoms with Gasteiger partial charge < -0.3 is 0 Å². The van der Waals surface area contributed by atoms with E-state index in [4.69, 9.17) is 5.26 Å². The van der Waals surface area contributed by atoms with Gasteiger partial charge in [0.1, 0.15) is 0 Å². The van der Waals surface area contributed by atoms with Gasteiger partial charge in [0.15, 0.2) is 0 Å². The molecule has 1 aromatic rings. The third-order valence-electron chi connectivity index (χ3n) is 4.13. The topological polar surface area (TPSA) is 110 Å². The number of nitrogens with zero attached hydrogens (tertiary/aromatic N) is 4. The molecular weight excluding hydrogens is 531 g/mol. The maximum absolute atomic E-state index is 13.0. The second-order valence-corrected chi connectivity index (χ2v) is 11.1. The van der Waals surface area contributed by atoms with Crippen molar-refractivity contribution in [1.82, 2.24) is 13.7 Å². The number of carbonyl (C=O) groups is 2.